The number of carbonyl (C=O) groups excluding carboxylic acids is 2. The van der Waals surface area contributed by atoms with Crippen LogP contribution in [0.5, 0.6) is 0 Å². The Bertz CT molecular complexity index is 1430. The number of fused-ring (bicyclic) bond motifs is 1. The van der Waals surface area contributed by atoms with Gasteiger partial charge >= 0.3 is 5.97 Å². The zero-order valence-corrected chi connectivity index (χ0v) is 20.3. The van der Waals surface area contributed by atoms with Gasteiger partial charge in [0.05, 0.1) is 37.7 Å². The van der Waals surface area contributed by atoms with Crippen LogP contribution in [0.2, 0.25) is 4.34 Å². The minimum Gasteiger partial charge on any atom is -0.459 e. The van der Waals surface area contributed by atoms with Crippen LogP contribution in [-0.2, 0) is 4.74 Å². The first-order valence-electron chi connectivity index (χ1n) is 9.99. The maximum Gasteiger partial charge on any atom is 0.348 e. The van der Waals surface area contributed by atoms with Gasteiger partial charge < -0.3 is 10.1 Å². The number of hydrogen-bond acceptors (Lipinski definition) is 7. The van der Waals surface area contributed by atoms with E-state index < -0.39 is 11.9 Å². The Labute approximate surface area is 203 Å². The number of hydrogen-bond donors (Lipinski definition) is 1. The van der Waals surface area contributed by atoms with Gasteiger partial charge in [-0.2, -0.15) is 5.26 Å². The predicted molar refractivity (Wildman–Crippen MR) is 132 cm³/mol. The molecule has 1 amide bonds. The molecule has 1 aromatic carbocycles. The molecule has 33 heavy (non-hydrogen) atoms. The van der Waals surface area contributed by atoms with Gasteiger partial charge in [-0.1, -0.05) is 29.8 Å². The van der Waals surface area contributed by atoms with Crippen LogP contribution in [0.15, 0.2) is 42.5 Å². The number of nitriles is 1. The highest BCUT2D eigenvalue weighted by Crippen LogP contribution is 2.35. The first-order chi connectivity index (χ1) is 15.8. The van der Waals surface area contributed by atoms with Gasteiger partial charge in [-0.15, -0.1) is 22.7 Å². The summed E-state index contributed by atoms with van der Waals surface area (Å²) in [5.74, 6) is -0.922. The lowest BCUT2D eigenvalue weighted by molar-refractivity contribution is 0.0383. The van der Waals surface area contributed by atoms with Crippen molar-refractivity contribution in [3.05, 3.63) is 68.4 Å². The third-order valence-corrected chi connectivity index (χ3v) is 7.24. The van der Waals surface area contributed by atoms with Crippen LogP contribution >= 0.6 is 34.3 Å². The summed E-state index contributed by atoms with van der Waals surface area (Å²) in [7, 11) is 0. The van der Waals surface area contributed by atoms with Gasteiger partial charge in [-0.3, -0.25) is 4.79 Å². The highest BCUT2D eigenvalue weighted by molar-refractivity contribution is 7.19. The fraction of sp³-hybridized carbons (Fsp3) is 0.167. The van der Waals surface area contributed by atoms with Crippen LogP contribution in [0.4, 0.5) is 5.00 Å². The minimum absolute atomic E-state index is 0.243. The maximum absolute atomic E-state index is 13.4. The monoisotopic (exact) mass is 495 g/mol. The topological polar surface area (TPSA) is 92.1 Å². The summed E-state index contributed by atoms with van der Waals surface area (Å²) in [5.41, 5.74) is 2.42. The molecule has 166 valence electrons. The van der Waals surface area contributed by atoms with Crippen molar-refractivity contribution >= 4 is 62.1 Å². The number of para-hydroxylation sites is 1. The van der Waals surface area contributed by atoms with Crippen molar-refractivity contribution in [1.29, 1.82) is 5.26 Å². The summed E-state index contributed by atoms with van der Waals surface area (Å²) in [6.45, 7) is 5.17. The average molecular weight is 496 g/mol. The Balaban J connectivity index is 1.76. The van der Waals surface area contributed by atoms with E-state index in [-0.39, 0.29) is 11.7 Å². The molecule has 0 unspecified atom stereocenters. The Morgan fingerprint density at radius 1 is 1.18 bits per heavy atom. The second kappa shape index (κ2) is 9.32. The van der Waals surface area contributed by atoms with Crippen molar-refractivity contribution < 1.29 is 14.3 Å². The van der Waals surface area contributed by atoms with E-state index in [0.29, 0.717) is 41.9 Å². The van der Waals surface area contributed by atoms with Gasteiger partial charge in [0.25, 0.3) is 5.91 Å². The molecule has 3 heterocycles. The van der Waals surface area contributed by atoms with Crippen LogP contribution in [0, 0.1) is 18.3 Å². The molecule has 0 aliphatic heterocycles. The smallest absolute Gasteiger partial charge is 0.348 e. The Kier molecular flexibility index (Phi) is 6.47. The third-order valence-electron chi connectivity index (χ3n) is 4.80. The molecule has 4 aromatic rings. The van der Waals surface area contributed by atoms with E-state index in [0.717, 1.165) is 16.2 Å². The second-order valence-electron chi connectivity index (χ2n) is 7.46. The molecule has 0 aliphatic carbocycles. The minimum atomic E-state index is -0.518. The van der Waals surface area contributed by atoms with E-state index in [4.69, 9.17) is 16.3 Å². The number of anilines is 1. The van der Waals surface area contributed by atoms with E-state index in [1.54, 1.807) is 32.9 Å². The summed E-state index contributed by atoms with van der Waals surface area (Å²) in [6, 6.07) is 14.8. The Morgan fingerprint density at radius 3 is 2.61 bits per heavy atom. The molecule has 0 radical (unpaired) electrons. The number of aromatic nitrogens is 1. The molecule has 0 fully saturated rings. The average Bonchev–Trinajstić information content (AvgIpc) is 3.35. The van der Waals surface area contributed by atoms with Gasteiger partial charge in [-0.05, 0) is 50.6 Å². The van der Waals surface area contributed by atoms with Crippen LogP contribution < -0.4 is 5.32 Å². The van der Waals surface area contributed by atoms with E-state index >= 15 is 0 Å². The summed E-state index contributed by atoms with van der Waals surface area (Å²) in [4.78, 5) is 31.6. The summed E-state index contributed by atoms with van der Waals surface area (Å²) >= 11 is 8.50. The van der Waals surface area contributed by atoms with Gasteiger partial charge in [0, 0.05) is 5.39 Å². The van der Waals surface area contributed by atoms with Crippen LogP contribution in [0.3, 0.4) is 0 Å². The number of pyridine rings is 1. The van der Waals surface area contributed by atoms with Gasteiger partial charge in [0.15, 0.2) is 0 Å². The van der Waals surface area contributed by atoms with E-state index in [9.17, 15) is 14.9 Å². The molecule has 4 rings (SSSR count). The summed E-state index contributed by atoms with van der Waals surface area (Å²) in [6.07, 6.45) is -0.296. The van der Waals surface area contributed by atoms with Gasteiger partial charge in [0.1, 0.15) is 15.9 Å². The molecular formula is C24H18ClN3O3S2. The number of amides is 1. The van der Waals surface area contributed by atoms with Crippen molar-refractivity contribution in [2.24, 2.45) is 0 Å². The number of nitrogens with one attached hydrogen (secondary N) is 1. The Hall–Kier alpha value is -3.25. The number of esters is 1. The van der Waals surface area contributed by atoms with Crippen molar-refractivity contribution in [1.82, 2.24) is 4.98 Å². The highest BCUT2D eigenvalue weighted by atomic mass is 35.5. The standard InChI is InChI=1S/C24H18ClN3O3S2/c1-12(2)31-24(30)21-13(3)16(11-26)23(33-21)28-22(29)15-10-18(19-8-9-20(25)32-19)27-17-7-5-4-6-14(15)17/h4-10,12H,1-3H3,(H,28,29). The number of halogens is 1. The van der Waals surface area contributed by atoms with E-state index in [1.165, 1.54) is 11.3 Å². The molecule has 0 saturated heterocycles. The molecule has 0 bridgehead atoms. The molecule has 3 aromatic heterocycles. The fourth-order valence-corrected chi connectivity index (χ4v) is 5.35. The van der Waals surface area contributed by atoms with Crippen LogP contribution in [0.25, 0.3) is 21.5 Å². The molecule has 6 nitrogen and oxygen atoms in total. The molecule has 0 spiro atoms. The lowest BCUT2D eigenvalue weighted by atomic mass is 10.1. The van der Waals surface area contributed by atoms with Crippen LogP contribution in [0.1, 0.15) is 45.0 Å². The zero-order valence-electron chi connectivity index (χ0n) is 17.9. The van der Waals surface area contributed by atoms with Crippen molar-refractivity contribution in [3.63, 3.8) is 0 Å². The van der Waals surface area contributed by atoms with Gasteiger partial charge in [-0.25, -0.2) is 9.78 Å². The lowest BCUT2D eigenvalue weighted by Crippen LogP contribution is -2.13. The summed E-state index contributed by atoms with van der Waals surface area (Å²) < 4.78 is 5.90. The molecule has 0 aliphatic rings. The third kappa shape index (κ3) is 4.62. The quantitative estimate of drug-likeness (QED) is 0.312. The van der Waals surface area contributed by atoms with Crippen molar-refractivity contribution in [2.45, 2.75) is 26.9 Å². The number of benzene rings is 1. The van der Waals surface area contributed by atoms with Crippen molar-refractivity contribution in [3.8, 4) is 16.6 Å². The van der Waals surface area contributed by atoms with Crippen LogP contribution in [-0.4, -0.2) is 23.0 Å². The number of ether oxygens (including phenoxy) is 1. The largest absolute Gasteiger partial charge is 0.459 e. The van der Waals surface area contributed by atoms with E-state index in [2.05, 4.69) is 16.4 Å². The number of nitrogens with zero attached hydrogens (tertiary/aromatic N) is 2. The highest BCUT2D eigenvalue weighted by Gasteiger charge is 2.24. The summed E-state index contributed by atoms with van der Waals surface area (Å²) in [5, 5.41) is 13.5. The molecule has 0 atom stereocenters. The lowest BCUT2D eigenvalue weighted by Gasteiger charge is -2.09. The first-order valence-corrected chi connectivity index (χ1v) is 12.0. The molecule has 0 saturated carbocycles. The first kappa shape index (κ1) is 22.9. The molecular weight excluding hydrogens is 478 g/mol. The normalized spacial score (nSPS) is 10.9. The molecule has 1 N–H and O–H groups in total. The fourth-order valence-electron chi connectivity index (χ4n) is 3.31. The van der Waals surface area contributed by atoms with E-state index in [1.807, 2.05) is 30.3 Å². The van der Waals surface area contributed by atoms with Crippen molar-refractivity contribution in [2.75, 3.05) is 5.32 Å². The maximum atomic E-state index is 13.4. The second-order valence-corrected chi connectivity index (χ2v) is 10.2. The SMILES string of the molecule is Cc1c(C(=O)OC(C)C)sc(NC(=O)c2cc(-c3ccc(Cl)s3)nc3ccccc23)c1C#N. The number of rotatable bonds is 5. The molecule has 9 heteroatoms. The van der Waals surface area contributed by atoms with Gasteiger partial charge in [0.2, 0.25) is 0 Å². The Morgan fingerprint density at radius 2 is 1.94 bits per heavy atom. The predicted octanol–water partition coefficient (Wildman–Crippen LogP) is 6.68. The number of carbonyl (C=O) groups is 2. The number of thiophene rings is 2. The zero-order chi connectivity index (χ0) is 23.7.